The van der Waals surface area contributed by atoms with Crippen LogP contribution in [-0.4, -0.2) is 38.3 Å². The van der Waals surface area contributed by atoms with Crippen LogP contribution in [0.2, 0.25) is 0 Å². The summed E-state index contributed by atoms with van der Waals surface area (Å²) >= 11 is 1.10. The number of anilines is 2. The molecule has 1 aliphatic heterocycles. The molecule has 3 aromatic rings. The quantitative estimate of drug-likeness (QED) is 0.426. The first-order valence-electron chi connectivity index (χ1n) is 11.5. The number of sulfonamides is 1. The Morgan fingerprint density at radius 1 is 1.08 bits per heavy atom. The van der Waals surface area contributed by atoms with E-state index in [2.05, 4.69) is 10.3 Å². The van der Waals surface area contributed by atoms with E-state index in [1.54, 1.807) is 31.4 Å². The highest BCUT2D eigenvalue weighted by Gasteiger charge is 2.32. The second-order valence-electron chi connectivity index (χ2n) is 8.59. The Morgan fingerprint density at radius 2 is 1.76 bits per heavy atom. The monoisotopic (exact) mass is 550 g/mol. The average molecular weight is 551 g/mol. The van der Waals surface area contributed by atoms with Crippen molar-refractivity contribution < 1.29 is 22.7 Å². The number of methoxy groups -OCH3 is 1. The molecule has 9 nitrogen and oxygen atoms in total. The number of aliphatic imine (C=N–C) groups is 1. The zero-order valence-electron chi connectivity index (χ0n) is 21.0. The Morgan fingerprint density at radius 3 is 2.39 bits per heavy atom. The van der Waals surface area contributed by atoms with Crippen LogP contribution in [0.15, 0.2) is 82.3 Å². The number of benzene rings is 3. The number of hydrogen-bond acceptors (Lipinski definition) is 7. The van der Waals surface area contributed by atoms with Crippen molar-refractivity contribution >= 4 is 56.2 Å². The molecule has 0 aromatic heterocycles. The van der Waals surface area contributed by atoms with Gasteiger partial charge in [-0.1, -0.05) is 36.0 Å². The van der Waals surface area contributed by atoms with Crippen molar-refractivity contribution in [2.24, 2.45) is 10.1 Å². The van der Waals surface area contributed by atoms with E-state index in [9.17, 15) is 18.0 Å². The number of nitrogens with one attached hydrogen (secondary N) is 1. The number of carbonyl (C=O) groups excluding carboxylic acids is 2. The minimum atomic E-state index is -3.91. The van der Waals surface area contributed by atoms with Crippen molar-refractivity contribution in [1.29, 1.82) is 0 Å². The number of rotatable bonds is 7. The smallest absolute Gasteiger partial charge is 0.283 e. The molecule has 38 heavy (non-hydrogen) atoms. The van der Waals surface area contributed by atoms with Gasteiger partial charge < -0.3 is 10.1 Å². The van der Waals surface area contributed by atoms with Gasteiger partial charge in [-0.3, -0.25) is 14.5 Å². The summed E-state index contributed by atoms with van der Waals surface area (Å²) in [5.41, 5.74) is 3.92. The number of amides is 2. The van der Waals surface area contributed by atoms with Crippen LogP contribution in [0.25, 0.3) is 6.08 Å². The van der Waals surface area contributed by atoms with E-state index in [4.69, 9.17) is 9.88 Å². The van der Waals surface area contributed by atoms with Crippen LogP contribution in [0, 0.1) is 13.8 Å². The number of primary sulfonamides is 1. The first-order chi connectivity index (χ1) is 18.0. The molecule has 0 aliphatic carbocycles. The summed E-state index contributed by atoms with van der Waals surface area (Å²) in [5, 5.41) is 8.19. The van der Waals surface area contributed by atoms with E-state index in [1.807, 2.05) is 44.2 Å². The fourth-order valence-electron chi connectivity index (χ4n) is 3.84. The first kappa shape index (κ1) is 27.1. The largest absolute Gasteiger partial charge is 0.497 e. The Hall–Kier alpha value is -3.93. The third-order valence-corrected chi connectivity index (χ3v) is 7.34. The summed E-state index contributed by atoms with van der Waals surface area (Å²) in [5.74, 6) is -0.0793. The molecule has 11 heteroatoms. The number of thioether (sulfide) groups is 1. The van der Waals surface area contributed by atoms with Gasteiger partial charge in [0.25, 0.3) is 5.91 Å². The molecule has 0 unspecified atom stereocenters. The summed E-state index contributed by atoms with van der Waals surface area (Å²) < 4.78 is 28.4. The first-order valence-corrected chi connectivity index (χ1v) is 14.0. The fourth-order valence-corrected chi connectivity index (χ4v) is 5.21. The van der Waals surface area contributed by atoms with E-state index < -0.39 is 15.9 Å². The number of nitrogens with zero attached hydrogens (tertiary/aromatic N) is 2. The Balaban J connectivity index is 1.58. The number of amidine groups is 1. The number of hydrogen-bond donors (Lipinski definition) is 2. The fraction of sp³-hybridized carbons (Fsp3) is 0.148. The zero-order valence-corrected chi connectivity index (χ0v) is 22.6. The molecule has 4 rings (SSSR count). The predicted molar refractivity (Wildman–Crippen MR) is 151 cm³/mol. The van der Waals surface area contributed by atoms with Gasteiger partial charge in [-0.05, 0) is 79.1 Å². The molecule has 196 valence electrons. The maximum absolute atomic E-state index is 13.5. The number of nitrogens with two attached hydrogens (primary N) is 1. The van der Waals surface area contributed by atoms with Crippen molar-refractivity contribution in [2.75, 3.05) is 23.1 Å². The summed E-state index contributed by atoms with van der Waals surface area (Å²) in [7, 11) is -2.33. The molecule has 0 spiro atoms. The second kappa shape index (κ2) is 11.2. The summed E-state index contributed by atoms with van der Waals surface area (Å²) in [6.45, 7) is 3.89. The third-order valence-electron chi connectivity index (χ3n) is 5.49. The lowest BCUT2D eigenvalue weighted by atomic mass is 10.1. The molecule has 3 N–H and O–H groups in total. The van der Waals surface area contributed by atoms with Gasteiger partial charge in [0.15, 0.2) is 5.17 Å². The molecule has 0 atom stereocenters. The van der Waals surface area contributed by atoms with Crippen molar-refractivity contribution in [3.63, 3.8) is 0 Å². The number of carbonyl (C=O) groups is 2. The molecule has 2 amide bonds. The predicted octanol–water partition coefficient (Wildman–Crippen LogP) is 4.08. The highest BCUT2D eigenvalue weighted by atomic mass is 32.2. The Kier molecular flexibility index (Phi) is 8.00. The van der Waals surface area contributed by atoms with Crippen LogP contribution >= 0.6 is 11.8 Å². The van der Waals surface area contributed by atoms with Crippen LogP contribution in [-0.2, 0) is 19.6 Å². The van der Waals surface area contributed by atoms with Crippen molar-refractivity contribution in [3.05, 3.63) is 89.1 Å². The van der Waals surface area contributed by atoms with Crippen molar-refractivity contribution in [3.8, 4) is 5.75 Å². The zero-order chi connectivity index (χ0) is 27.4. The molecule has 1 heterocycles. The van der Waals surface area contributed by atoms with Gasteiger partial charge >= 0.3 is 0 Å². The topological polar surface area (TPSA) is 131 Å². The van der Waals surface area contributed by atoms with E-state index in [-0.39, 0.29) is 27.9 Å². The molecule has 0 saturated carbocycles. The molecular formula is C27H26N4O5S2. The van der Waals surface area contributed by atoms with Crippen LogP contribution in [0.1, 0.15) is 16.7 Å². The summed E-state index contributed by atoms with van der Waals surface area (Å²) in [6, 6.07) is 18.7. The number of ether oxygens (including phenoxy) is 1. The third kappa shape index (κ3) is 6.49. The van der Waals surface area contributed by atoms with Gasteiger partial charge in [0, 0.05) is 5.69 Å². The highest BCUT2D eigenvalue weighted by Crippen LogP contribution is 2.31. The van der Waals surface area contributed by atoms with Gasteiger partial charge in [-0.15, -0.1) is 0 Å². The van der Waals surface area contributed by atoms with E-state index >= 15 is 0 Å². The van der Waals surface area contributed by atoms with E-state index in [0.717, 1.165) is 28.5 Å². The lowest BCUT2D eigenvalue weighted by Crippen LogP contribution is -2.31. The molecule has 0 bridgehead atoms. The molecule has 3 aromatic carbocycles. The average Bonchev–Trinajstić information content (AvgIpc) is 3.17. The maximum Gasteiger partial charge on any atom is 0.283 e. The standard InChI is InChI=1S/C27H26N4O5S2/c1-17-11-18(2)13-21(12-17)31-26(33)24(14-19-7-9-22(36-3)10-8-19)30-27(31)37-16-25(32)29-20-5-4-6-23(15-20)38(28,34)35/h4-15H,16H2,1-3H3,(H,29,32)(H2,28,34,35). The van der Waals surface area contributed by atoms with Gasteiger partial charge in [-0.25, -0.2) is 18.5 Å². The van der Waals surface area contributed by atoms with Crippen LogP contribution < -0.4 is 20.1 Å². The SMILES string of the molecule is COc1ccc(C=C2N=C(SCC(=O)Nc3cccc(S(N)(=O)=O)c3)N(c3cc(C)cc(C)c3)C2=O)cc1. The Bertz CT molecular complexity index is 1540. The van der Waals surface area contributed by atoms with Gasteiger partial charge in [-0.2, -0.15) is 0 Å². The van der Waals surface area contributed by atoms with Crippen LogP contribution in [0.4, 0.5) is 11.4 Å². The molecule has 0 saturated heterocycles. The minimum Gasteiger partial charge on any atom is -0.497 e. The van der Waals surface area contributed by atoms with Crippen LogP contribution in [0.5, 0.6) is 5.75 Å². The highest BCUT2D eigenvalue weighted by molar-refractivity contribution is 8.14. The van der Waals surface area contributed by atoms with Crippen LogP contribution in [0.3, 0.4) is 0 Å². The van der Waals surface area contributed by atoms with E-state index in [1.165, 1.54) is 23.1 Å². The van der Waals surface area contributed by atoms with Crippen molar-refractivity contribution in [2.45, 2.75) is 18.7 Å². The maximum atomic E-state index is 13.5. The minimum absolute atomic E-state index is 0.0666. The van der Waals surface area contributed by atoms with Gasteiger partial charge in [0.05, 0.1) is 23.4 Å². The van der Waals surface area contributed by atoms with E-state index in [0.29, 0.717) is 16.6 Å². The summed E-state index contributed by atoms with van der Waals surface area (Å²) in [4.78, 5) is 32.1. The van der Waals surface area contributed by atoms with Crippen molar-refractivity contribution in [1.82, 2.24) is 0 Å². The second-order valence-corrected chi connectivity index (χ2v) is 11.1. The summed E-state index contributed by atoms with van der Waals surface area (Å²) in [6.07, 6.45) is 1.68. The molecule has 0 radical (unpaired) electrons. The number of aryl methyl sites for hydroxylation is 2. The normalized spacial score (nSPS) is 14.5. The molecular weight excluding hydrogens is 524 g/mol. The Labute approximate surface area is 225 Å². The molecule has 1 aliphatic rings. The lowest BCUT2D eigenvalue weighted by Gasteiger charge is -2.19. The lowest BCUT2D eigenvalue weighted by molar-refractivity contribution is -0.114. The van der Waals surface area contributed by atoms with Gasteiger partial charge in [0.1, 0.15) is 11.4 Å². The molecule has 0 fully saturated rings. The van der Waals surface area contributed by atoms with Gasteiger partial charge in [0.2, 0.25) is 15.9 Å².